The van der Waals surface area contributed by atoms with Gasteiger partial charge in [-0.2, -0.15) is 0 Å². The Balaban J connectivity index is 4.11. The van der Waals surface area contributed by atoms with E-state index in [4.69, 9.17) is 0 Å². The Labute approximate surface area is 72.4 Å². The van der Waals surface area contributed by atoms with Gasteiger partial charge in [-0.3, -0.25) is 4.79 Å². The molecule has 0 amide bonds. The first-order valence-corrected chi connectivity index (χ1v) is 3.80. The molecule has 0 aromatic heterocycles. The number of allylic oxidation sites excluding steroid dienone is 1. The highest BCUT2D eigenvalue weighted by Gasteiger charge is 2.18. The fraction of sp³-hybridized carbons (Fsp3) is 0.556. The van der Waals surface area contributed by atoms with Crippen molar-refractivity contribution >= 4 is 11.8 Å². The Hall–Kier alpha value is -1.12. The highest BCUT2D eigenvalue weighted by molar-refractivity contribution is 5.82. The average Bonchev–Trinajstić information content (AvgIpc) is 2.01. The number of ketones is 1. The number of esters is 1. The molecule has 3 heteroatoms. The number of hydrogen-bond acceptors (Lipinski definition) is 3. The van der Waals surface area contributed by atoms with Crippen molar-refractivity contribution in [1.82, 2.24) is 0 Å². The summed E-state index contributed by atoms with van der Waals surface area (Å²) in [4.78, 5) is 21.7. The summed E-state index contributed by atoms with van der Waals surface area (Å²) in [6.07, 6.45) is 2.34. The van der Waals surface area contributed by atoms with Gasteiger partial charge in [0.2, 0.25) is 0 Å². The molecule has 0 radical (unpaired) electrons. The molecular formula is C9H14O3. The van der Waals surface area contributed by atoms with Crippen molar-refractivity contribution in [3.05, 3.63) is 12.7 Å². The van der Waals surface area contributed by atoms with Crippen molar-refractivity contribution in [3.63, 3.8) is 0 Å². The molecular weight excluding hydrogens is 156 g/mol. The van der Waals surface area contributed by atoms with E-state index in [-0.39, 0.29) is 24.1 Å². The standard InChI is InChI=1S/C9H14O3/c1-4-5-8(6-7(2)10)9(11)12-3/h4,8H,1,5-6H2,2-3H3. The molecule has 0 fully saturated rings. The maximum atomic E-state index is 11.0. The van der Waals surface area contributed by atoms with Crippen molar-refractivity contribution in [3.8, 4) is 0 Å². The molecule has 0 aliphatic heterocycles. The Morgan fingerprint density at radius 2 is 2.17 bits per heavy atom. The van der Waals surface area contributed by atoms with Crippen LogP contribution < -0.4 is 0 Å². The molecule has 0 heterocycles. The highest BCUT2D eigenvalue weighted by atomic mass is 16.5. The van der Waals surface area contributed by atoms with Crippen molar-refractivity contribution in [2.24, 2.45) is 5.92 Å². The lowest BCUT2D eigenvalue weighted by Gasteiger charge is -2.09. The summed E-state index contributed by atoms with van der Waals surface area (Å²) in [6, 6.07) is 0. The monoisotopic (exact) mass is 170 g/mol. The molecule has 1 atom stereocenters. The lowest BCUT2D eigenvalue weighted by molar-refractivity contribution is -0.146. The van der Waals surface area contributed by atoms with Crippen molar-refractivity contribution < 1.29 is 14.3 Å². The molecule has 0 rings (SSSR count). The molecule has 0 spiro atoms. The summed E-state index contributed by atoms with van der Waals surface area (Å²) in [7, 11) is 1.32. The Morgan fingerprint density at radius 1 is 1.58 bits per heavy atom. The minimum Gasteiger partial charge on any atom is -0.469 e. The van der Waals surface area contributed by atoms with Gasteiger partial charge >= 0.3 is 5.97 Å². The molecule has 12 heavy (non-hydrogen) atoms. The summed E-state index contributed by atoms with van der Waals surface area (Å²) in [5.74, 6) is -0.706. The first-order chi connectivity index (χ1) is 5.61. The van der Waals surface area contributed by atoms with Gasteiger partial charge in [-0.05, 0) is 13.3 Å². The van der Waals surface area contributed by atoms with Gasteiger partial charge < -0.3 is 9.53 Å². The summed E-state index contributed by atoms with van der Waals surface area (Å²) < 4.78 is 4.53. The number of methoxy groups -OCH3 is 1. The van der Waals surface area contributed by atoms with Crippen LogP contribution >= 0.6 is 0 Å². The van der Waals surface area contributed by atoms with E-state index in [2.05, 4.69) is 11.3 Å². The number of carbonyl (C=O) groups is 2. The third-order valence-electron chi connectivity index (χ3n) is 1.52. The predicted octanol–water partition coefficient (Wildman–Crippen LogP) is 1.33. The van der Waals surface area contributed by atoms with Crippen molar-refractivity contribution in [2.45, 2.75) is 19.8 Å². The molecule has 0 N–H and O–H groups in total. The van der Waals surface area contributed by atoms with Crippen LogP contribution in [-0.2, 0) is 14.3 Å². The molecule has 0 aliphatic carbocycles. The van der Waals surface area contributed by atoms with Gasteiger partial charge in [-0.15, -0.1) is 6.58 Å². The zero-order valence-corrected chi connectivity index (χ0v) is 7.50. The lowest BCUT2D eigenvalue weighted by atomic mass is 10.00. The van der Waals surface area contributed by atoms with Gasteiger partial charge in [-0.1, -0.05) is 6.08 Å². The van der Waals surface area contributed by atoms with E-state index < -0.39 is 0 Å². The third kappa shape index (κ3) is 3.91. The van der Waals surface area contributed by atoms with Crippen LogP contribution in [0.5, 0.6) is 0 Å². The van der Waals surface area contributed by atoms with E-state index in [1.807, 2.05) is 0 Å². The van der Waals surface area contributed by atoms with Crippen LogP contribution in [0.4, 0.5) is 0 Å². The number of hydrogen-bond donors (Lipinski definition) is 0. The third-order valence-corrected chi connectivity index (χ3v) is 1.52. The van der Waals surface area contributed by atoms with Gasteiger partial charge in [0, 0.05) is 6.42 Å². The van der Waals surface area contributed by atoms with Gasteiger partial charge in [-0.25, -0.2) is 0 Å². The Morgan fingerprint density at radius 3 is 2.50 bits per heavy atom. The molecule has 3 nitrogen and oxygen atoms in total. The second-order valence-corrected chi connectivity index (χ2v) is 2.65. The molecule has 1 unspecified atom stereocenters. The first-order valence-electron chi connectivity index (χ1n) is 3.80. The van der Waals surface area contributed by atoms with Gasteiger partial charge in [0.25, 0.3) is 0 Å². The predicted molar refractivity (Wildman–Crippen MR) is 45.6 cm³/mol. The maximum Gasteiger partial charge on any atom is 0.309 e. The highest BCUT2D eigenvalue weighted by Crippen LogP contribution is 2.11. The van der Waals surface area contributed by atoms with Gasteiger partial charge in [0.15, 0.2) is 0 Å². The smallest absolute Gasteiger partial charge is 0.309 e. The topological polar surface area (TPSA) is 43.4 Å². The largest absolute Gasteiger partial charge is 0.469 e. The number of ether oxygens (including phenoxy) is 1. The van der Waals surface area contributed by atoms with Crippen LogP contribution in [0.2, 0.25) is 0 Å². The summed E-state index contributed by atoms with van der Waals surface area (Å²) in [5.41, 5.74) is 0. The van der Waals surface area contributed by atoms with E-state index >= 15 is 0 Å². The minimum atomic E-state index is -0.356. The van der Waals surface area contributed by atoms with Crippen molar-refractivity contribution in [1.29, 1.82) is 0 Å². The zero-order valence-electron chi connectivity index (χ0n) is 7.50. The summed E-state index contributed by atoms with van der Waals surface area (Å²) in [6.45, 7) is 4.96. The molecule has 0 aliphatic rings. The van der Waals surface area contributed by atoms with Crippen molar-refractivity contribution in [2.75, 3.05) is 7.11 Å². The molecule has 0 aromatic rings. The average molecular weight is 170 g/mol. The zero-order chi connectivity index (χ0) is 9.56. The van der Waals surface area contributed by atoms with Crippen LogP contribution in [0.15, 0.2) is 12.7 Å². The van der Waals surface area contributed by atoms with Crippen LogP contribution in [0.25, 0.3) is 0 Å². The van der Waals surface area contributed by atoms with Crippen LogP contribution in [0, 0.1) is 5.92 Å². The fourth-order valence-electron chi connectivity index (χ4n) is 0.978. The normalized spacial score (nSPS) is 11.8. The molecule has 0 aromatic carbocycles. The Bertz CT molecular complexity index is 184. The summed E-state index contributed by atoms with van der Waals surface area (Å²) in [5, 5.41) is 0. The van der Waals surface area contributed by atoms with E-state index in [9.17, 15) is 9.59 Å². The fourth-order valence-corrected chi connectivity index (χ4v) is 0.978. The maximum absolute atomic E-state index is 11.0. The molecule has 0 saturated heterocycles. The van der Waals surface area contributed by atoms with Crippen LogP contribution in [0.1, 0.15) is 19.8 Å². The van der Waals surface area contributed by atoms with E-state index in [1.54, 1.807) is 6.08 Å². The summed E-state index contributed by atoms with van der Waals surface area (Å²) >= 11 is 0. The van der Waals surface area contributed by atoms with Crippen LogP contribution in [0.3, 0.4) is 0 Å². The SMILES string of the molecule is C=CCC(CC(C)=O)C(=O)OC. The van der Waals surface area contributed by atoms with E-state index in [0.29, 0.717) is 6.42 Å². The second kappa shape index (κ2) is 5.52. The van der Waals surface area contributed by atoms with E-state index in [0.717, 1.165) is 0 Å². The molecule has 0 saturated carbocycles. The van der Waals surface area contributed by atoms with Crippen LogP contribution in [-0.4, -0.2) is 18.9 Å². The molecule has 68 valence electrons. The van der Waals surface area contributed by atoms with Gasteiger partial charge in [0.1, 0.15) is 5.78 Å². The first kappa shape index (κ1) is 10.9. The number of Topliss-reactive ketones (excluding diaryl/α,β-unsaturated/α-hetero) is 1. The van der Waals surface area contributed by atoms with Gasteiger partial charge in [0.05, 0.1) is 13.0 Å². The Kier molecular flexibility index (Phi) is 5.00. The quantitative estimate of drug-likeness (QED) is 0.462. The molecule has 0 bridgehead atoms. The number of carbonyl (C=O) groups excluding carboxylic acids is 2. The second-order valence-electron chi connectivity index (χ2n) is 2.65. The minimum absolute atomic E-state index is 0.00718. The van der Waals surface area contributed by atoms with E-state index in [1.165, 1.54) is 14.0 Å². The lowest BCUT2D eigenvalue weighted by Crippen LogP contribution is -2.18. The number of rotatable bonds is 5.